The number of amidine groups is 1. The number of nitrogens with one attached hydrogen (secondary N) is 2. The molecule has 0 aliphatic carbocycles. The molecule has 0 spiro atoms. The van der Waals surface area contributed by atoms with E-state index in [9.17, 15) is 29.1 Å². The second-order valence-corrected chi connectivity index (χ2v) is 10.7. The molecule has 0 aromatic heterocycles. The summed E-state index contributed by atoms with van der Waals surface area (Å²) in [6, 6.07) is 27.9. The van der Waals surface area contributed by atoms with Gasteiger partial charge in [0.05, 0.1) is 28.8 Å². The number of para-hydroxylation sites is 1. The molecule has 1 aliphatic heterocycles. The molecular weight excluding hydrogens is 584 g/mol. The number of hydrogen-bond acceptors (Lipinski definition) is 7. The number of thioether (sulfide) groups is 1. The van der Waals surface area contributed by atoms with Gasteiger partial charge in [-0.15, -0.1) is 11.8 Å². The highest BCUT2D eigenvalue weighted by Crippen LogP contribution is 2.36. The highest BCUT2D eigenvalue weighted by Gasteiger charge is 2.29. The molecule has 1 atom stereocenters. The van der Waals surface area contributed by atoms with E-state index >= 15 is 0 Å². The van der Waals surface area contributed by atoms with Crippen molar-refractivity contribution >= 4 is 58.6 Å². The number of carboxylic acid groups (broad SMARTS) is 2. The first-order valence-corrected chi connectivity index (χ1v) is 14.1. The zero-order valence-electron chi connectivity index (χ0n) is 22.8. The van der Waals surface area contributed by atoms with Crippen LogP contribution < -0.4 is 15.6 Å². The Bertz CT molecular complexity index is 1780. The summed E-state index contributed by atoms with van der Waals surface area (Å²) in [5, 5.41) is 28.9. The van der Waals surface area contributed by atoms with Crippen LogP contribution in [0.5, 0.6) is 0 Å². The van der Waals surface area contributed by atoms with Gasteiger partial charge in [-0.2, -0.15) is 10.1 Å². The van der Waals surface area contributed by atoms with Crippen LogP contribution in [0.25, 0.3) is 0 Å². The lowest BCUT2D eigenvalue weighted by Crippen LogP contribution is -2.33. The number of anilines is 2. The van der Waals surface area contributed by atoms with E-state index in [0.717, 1.165) is 23.8 Å². The third-order valence-corrected chi connectivity index (χ3v) is 7.76. The lowest BCUT2D eigenvalue weighted by Gasteiger charge is -2.17. The number of hydrogen-bond donors (Lipinski definition) is 4. The number of benzene rings is 4. The monoisotopic (exact) mass is 608 g/mol. The molecule has 0 radical (unpaired) electrons. The molecule has 44 heavy (non-hydrogen) atoms. The second-order valence-electron chi connectivity index (χ2n) is 9.51. The van der Waals surface area contributed by atoms with Crippen LogP contribution >= 0.6 is 11.8 Å². The summed E-state index contributed by atoms with van der Waals surface area (Å²) in [4.78, 5) is 62.4. The van der Waals surface area contributed by atoms with E-state index in [1.165, 1.54) is 16.8 Å². The SMILES string of the molecule is O=C(O)c1ccc(C(=O)Nc2ccc(SC(C(=O)NC3=NN(c4ccccc4)C(=O)C3)c3ccccc3)cc2)c(C(=O)O)c1. The van der Waals surface area contributed by atoms with Crippen molar-refractivity contribution < 1.29 is 34.2 Å². The highest BCUT2D eigenvalue weighted by atomic mass is 32.2. The summed E-state index contributed by atoms with van der Waals surface area (Å²) >= 11 is 1.25. The molecule has 1 unspecified atom stereocenters. The van der Waals surface area contributed by atoms with E-state index in [4.69, 9.17) is 5.11 Å². The fourth-order valence-electron chi connectivity index (χ4n) is 4.38. The lowest BCUT2D eigenvalue weighted by atomic mass is 10.0. The minimum atomic E-state index is -1.43. The third-order valence-electron chi connectivity index (χ3n) is 6.49. The number of carboxylic acids is 2. The highest BCUT2D eigenvalue weighted by molar-refractivity contribution is 8.00. The Morgan fingerprint density at radius 2 is 1.43 bits per heavy atom. The molecule has 12 heteroatoms. The van der Waals surface area contributed by atoms with Crippen LogP contribution in [-0.4, -0.2) is 45.7 Å². The molecule has 0 fully saturated rings. The van der Waals surface area contributed by atoms with Gasteiger partial charge in [-0.3, -0.25) is 14.4 Å². The Labute approximate surface area is 255 Å². The number of nitrogens with zero attached hydrogens (tertiary/aromatic N) is 2. The minimum absolute atomic E-state index is 0.0518. The molecule has 0 saturated carbocycles. The summed E-state index contributed by atoms with van der Waals surface area (Å²) in [5.74, 6) is -3.87. The molecule has 4 aromatic carbocycles. The van der Waals surface area contributed by atoms with Crippen molar-refractivity contribution in [1.29, 1.82) is 0 Å². The maximum Gasteiger partial charge on any atom is 0.336 e. The quantitative estimate of drug-likeness (QED) is 0.192. The average Bonchev–Trinajstić information content (AvgIpc) is 3.40. The van der Waals surface area contributed by atoms with Gasteiger partial charge in [-0.25, -0.2) is 9.59 Å². The number of rotatable bonds is 9. The predicted octanol–water partition coefficient (Wildman–Crippen LogP) is 5.04. The number of hydrazone groups is 1. The number of amides is 3. The maximum atomic E-state index is 13.5. The summed E-state index contributed by atoms with van der Waals surface area (Å²) < 4.78 is 0. The van der Waals surface area contributed by atoms with Gasteiger partial charge in [0.2, 0.25) is 5.91 Å². The van der Waals surface area contributed by atoms with Gasteiger partial charge in [0.15, 0.2) is 0 Å². The number of aromatic carboxylic acids is 2. The van der Waals surface area contributed by atoms with Gasteiger partial charge >= 0.3 is 11.9 Å². The molecule has 1 aliphatic rings. The summed E-state index contributed by atoms with van der Waals surface area (Å²) in [7, 11) is 0. The molecule has 5 rings (SSSR count). The summed E-state index contributed by atoms with van der Waals surface area (Å²) in [5.41, 5.74) is 0.797. The predicted molar refractivity (Wildman–Crippen MR) is 164 cm³/mol. The van der Waals surface area contributed by atoms with Gasteiger partial charge < -0.3 is 20.8 Å². The van der Waals surface area contributed by atoms with Crippen LogP contribution in [-0.2, 0) is 9.59 Å². The Hall–Kier alpha value is -5.75. The number of carbonyl (C=O) groups excluding carboxylic acids is 3. The van der Waals surface area contributed by atoms with Crippen LogP contribution in [0, 0.1) is 0 Å². The van der Waals surface area contributed by atoms with E-state index < -0.39 is 28.7 Å². The Morgan fingerprint density at radius 3 is 2.07 bits per heavy atom. The minimum Gasteiger partial charge on any atom is -0.478 e. The molecule has 3 amide bonds. The molecule has 0 saturated heterocycles. The van der Waals surface area contributed by atoms with Gasteiger partial charge in [0, 0.05) is 10.6 Å². The standard InChI is InChI=1S/C32H24N4O7S/c37-27-18-26(35-36(27)22-9-5-2-6-10-22)34-30(39)28(19-7-3-1-4-8-19)44-23-14-12-21(13-15-23)33-29(38)24-16-11-20(31(40)41)17-25(24)32(42)43/h1-17,28H,18H2,(H,33,38)(H,40,41)(H,42,43)(H,34,35,39). The molecule has 220 valence electrons. The van der Waals surface area contributed by atoms with E-state index in [1.54, 1.807) is 48.5 Å². The molecular formula is C32H24N4O7S. The van der Waals surface area contributed by atoms with E-state index in [-0.39, 0.29) is 35.2 Å². The van der Waals surface area contributed by atoms with Crippen molar-refractivity contribution in [2.45, 2.75) is 16.6 Å². The van der Waals surface area contributed by atoms with Crippen molar-refractivity contribution in [1.82, 2.24) is 5.32 Å². The van der Waals surface area contributed by atoms with Crippen molar-refractivity contribution in [2.75, 3.05) is 10.3 Å². The van der Waals surface area contributed by atoms with Gasteiger partial charge in [-0.1, -0.05) is 48.5 Å². The summed E-state index contributed by atoms with van der Waals surface area (Å²) in [6.45, 7) is 0. The molecule has 4 N–H and O–H groups in total. The van der Waals surface area contributed by atoms with E-state index in [1.807, 2.05) is 36.4 Å². The van der Waals surface area contributed by atoms with Crippen molar-refractivity contribution in [3.63, 3.8) is 0 Å². The molecule has 11 nitrogen and oxygen atoms in total. The first-order chi connectivity index (χ1) is 21.2. The van der Waals surface area contributed by atoms with E-state index in [0.29, 0.717) is 16.3 Å². The number of carbonyl (C=O) groups is 5. The molecule has 0 bridgehead atoms. The van der Waals surface area contributed by atoms with Crippen LogP contribution in [0.2, 0.25) is 0 Å². The average molecular weight is 609 g/mol. The third kappa shape index (κ3) is 6.82. The largest absolute Gasteiger partial charge is 0.478 e. The van der Waals surface area contributed by atoms with Crippen LogP contribution in [0.3, 0.4) is 0 Å². The smallest absolute Gasteiger partial charge is 0.336 e. The first-order valence-electron chi connectivity index (χ1n) is 13.2. The van der Waals surface area contributed by atoms with Crippen molar-refractivity contribution in [3.05, 3.63) is 125 Å². The topological polar surface area (TPSA) is 165 Å². The Balaban J connectivity index is 1.30. The van der Waals surface area contributed by atoms with Crippen molar-refractivity contribution in [2.24, 2.45) is 5.10 Å². The first kappa shape index (κ1) is 29.7. The normalized spacial score (nSPS) is 13.1. The fraction of sp³-hybridized carbons (Fsp3) is 0.0625. The Morgan fingerprint density at radius 1 is 0.773 bits per heavy atom. The van der Waals surface area contributed by atoms with E-state index in [2.05, 4.69) is 15.7 Å². The van der Waals surface area contributed by atoms with Crippen LogP contribution in [0.15, 0.2) is 113 Å². The molecule has 4 aromatic rings. The van der Waals surface area contributed by atoms with Crippen LogP contribution in [0.1, 0.15) is 48.3 Å². The zero-order valence-corrected chi connectivity index (χ0v) is 23.7. The van der Waals surface area contributed by atoms with Gasteiger partial charge in [0.1, 0.15) is 11.1 Å². The van der Waals surface area contributed by atoms with Crippen molar-refractivity contribution in [3.8, 4) is 0 Å². The Kier molecular flexibility index (Phi) is 8.82. The maximum absolute atomic E-state index is 13.5. The van der Waals surface area contributed by atoms with Gasteiger partial charge in [0.25, 0.3) is 11.8 Å². The zero-order chi connectivity index (χ0) is 31.2. The van der Waals surface area contributed by atoms with Gasteiger partial charge in [-0.05, 0) is 60.2 Å². The molecule has 1 heterocycles. The summed E-state index contributed by atoms with van der Waals surface area (Å²) in [6.07, 6.45) is -0.0518. The lowest BCUT2D eigenvalue weighted by molar-refractivity contribution is -0.119. The fourth-order valence-corrected chi connectivity index (χ4v) is 5.41. The van der Waals surface area contributed by atoms with Crippen LogP contribution in [0.4, 0.5) is 11.4 Å². The second kappa shape index (κ2) is 13.0.